The number of hydrogen-bond donors (Lipinski definition) is 5. The third kappa shape index (κ3) is 10.9. The highest BCUT2D eigenvalue weighted by Gasteiger charge is 2.22. The number of amides is 1. The first-order valence-corrected chi connectivity index (χ1v) is 19.0. The van der Waals surface area contributed by atoms with Gasteiger partial charge < -0.3 is 20.4 Å². The summed E-state index contributed by atoms with van der Waals surface area (Å²) in [5.41, 5.74) is 5.74. The van der Waals surface area contributed by atoms with Gasteiger partial charge in [0.1, 0.15) is 9.79 Å². The van der Waals surface area contributed by atoms with E-state index in [-0.39, 0.29) is 26.6 Å². The number of carboxylic acids is 1. The second-order valence-corrected chi connectivity index (χ2v) is 14.4. The van der Waals surface area contributed by atoms with Crippen LogP contribution in [0.1, 0.15) is 41.7 Å². The number of primary sulfonamides is 2. The summed E-state index contributed by atoms with van der Waals surface area (Å²) in [5.74, 6) is 2.65. The van der Waals surface area contributed by atoms with E-state index in [1.165, 1.54) is 36.0 Å². The Hall–Kier alpha value is -7.20. The zero-order valence-corrected chi connectivity index (χ0v) is 31.5. The fourth-order valence-corrected chi connectivity index (χ4v) is 5.85. The zero-order valence-electron chi connectivity index (χ0n) is 29.9. The SMILES string of the molecule is COC(=O)c1c(-c2ccccc2)ccn1N.COC(=O)c1c(-c2ccccc2)ccn1NC(=O)c1cncc(S(N)(=O)=O)c1.NS(=O)(=O)c1cncc(C(=O)O)c1. The van der Waals surface area contributed by atoms with Crippen LogP contribution < -0.4 is 21.5 Å². The van der Waals surface area contributed by atoms with Crippen molar-refractivity contribution in [1.29, 1.82) is 0 Å². The minimum absolute atomic E-state index is 0.0442. The van der Waals surface area contributed by atoms with Crippen molar-refractivity contribution in [1.82, 2.24) is 19.3 Å². The Morgan fingerprint density at radius 3 is 1.56 bits per heavy atom. The van der Waals surface area contributed by atoms with E-state index < -0.39 is 43.9 Å². The molecule has 6 rings (SSSR count). The number of benzene rings is 2. The maximum absolute atomic E-state index is 12.5. The molecule has 6 aromatic rings. The summed E-state index contributed by atoms with van der Waals surface area (Å²) >= 11 is 0. The van der Waals surface area contributed by atoms with Crippen molar-refractivity contribution < 1.29 is 50.6 Å². The first-order valence-electron chi connectivity index (χ1n) is 15.9. The number of pyridine rings is 2. The third-order valence-corrected chi connectivity index (χ3v) is 9.30. The number of rotatable bonds is 9. The fraction of sp³-hybridized carbons (Fsp3) is 0.0556. The van der Waals surface area contributed by atoms with E-state index >= 15 is 0 Å². The van der Waals surface area contributed by atoms with Crippen LogP contribution in [0.15, 0.2) is 132 Å². The van der Waals surface area contributed by atoms with Gasteiger partial charge in [-0.05, 0) is 35.4 Å². The number of nitrogens with one attached hydrogen (secondary N) is 1. The number of carbonyl (C=O) groups is 4. The maximum atomic E-state index is 12.5. The Kier molecular flexibility index (Phi) is 13.7. The lowest BCUT2D eigenvalue weighted by Crippen LogP contribution is -2.26. The van der Waals surface area contributed by atoms with E-state index in [1.807, 2.05) is 60.7 Å². The van der Waals surface area contributed by atoms with Crippen molar-refractivity contribution in [2.24, 2.45) is 10.3 Å². The van der Waals surface area contributed by atoms with Gasteiger partial charge in [0.05, 0.1) is 25.3 Å². The zero-order chi connectivity index (χ0) is 41.9. The van der Waals surface area contributed by atoms with Crippen LogP contribution in [-0.2, 0) is 29.5 Å². The Morgan fingerprint density at radius 2 is 1.09 bits per heavy atom. The predicted molar refractivity (Wildman–Crippen MR) is 204 cm³/mol. The molecular weight excluding hydrogens is 785 g/mol. The van der Waals surface area contributed by atoms with Gasteiger partial charge in [-0.3, -0.25) is 29.5 Å². The normalized spacial score (nSPS) is 10.8. The highest BCUT2D eigenvalue weighted by atomic mass is 32.2. The summed E-state index contributed by atoms with van der Waals surface area (Å²) in [4.78, 5) is 53.3. The van der Waals surface area contributed by atoms with Gasteiger partial charge >= 0.3 is 17.9 Å². The third-order valence-electron chi connectivity index (χ3n) is 7.54. The number of aromatic carboxylic acids is 1. The number of aromatic nitrogens is 4. The molecule has 0 saturated heterocycles. The van der Waals surface area contributed by atoms with E-state index in [9.17, 15) is 36.0 Å². The van der Waals surface area contributed by atoms with Crippen molar-refractivity contribution in [2.45, 2.75) is 9.79 Å². The fourth-order valence-electron chi connectivity index (χ4n) is 4.86. The highest BCUT2D eigenvalue weighted by Crippen LogP contribution is 2.26. The molecule has 0 aliphatic carbocycles. The standard InChI is InChI=1S/C18H16N4O5S.C12H12N2O2.C6H6N2O4S/c1-27-18(24)16-15(12-5-3-2-4-6-12)7-8-22(16)21-17(23)13-9-14(11-20-10-13)28(19,25)26;1-16-12(15)11-10(7-8-14(11)13)9-5-3-2-4-6-9;7-13(11,12)5-1-4(6(9)10)2-8-3-5/h2-11H,1H3,(H,21,23)(H2,19,25,26);2-8H,13H2,1H3;1-3H,(H,9,10)(H2,7,11,12). The summed E-state index contributed by atoms with van der Waals surface area (Å²) in [5, 5.41) is 18.3. The van der Waals surface area contributed by atoms with Gasteiger partial charge in [0.15, 0.2) is 11.4 Å². The second-order valence-electron chi connectivity index (χ2n) is 11.3. The molecule has 0 spiro atoms. The minimum atomic E-state index is -4.01. The molecule has 0 bridgehead atoms. The Morgan fingerprint density at radius 1 is 0.649 bits per heavy atom. The Bertz CT molecular complexity index is 2630. The summed E-state index contributed by atoms with van der Waals surface area (Å²) in [6.45, 7) is 0. The van der Waals surface area contributed by atoms with Gasteiger partial charge in [-0.2, -0.15) is 0 Å². The molecule has 19 nitrogen and oxygen atoms in total. The van der Waals surface area contributed by atoms with Gasteiger partial charge in [-0.25, -0.2) is 41.5 Å². The van der Waals surface area contributed by atoms with Gasteiger partial charge in [-0.15, -0.1) is 0 Å². The number of esters is 2. The number of carboxylic acid groups (broad SMARTS) is 1. The van der Waals surface area contributed by atoms with Crippen molar-refractivity contribution >= 4 is 43.9 Å². The van der Waals surface area contributed by atoms with Gasteiger partial charge in [0, 0.05) is 48.3 Å². The topological polar surface area (TPSA) is 301 Å². The van der Waals surface area contributed by atoms with Crippen LogP contribution >= 0.6 is 0 Å². The molecule has 0 saturated carbocycles. The molecule has 4 aromatic heterocycles. The number of sulfonamides is 2. The molecule has 1 amide bonds. The van der Waals surface area contributed by atoms with E-state index in [0.717, 1.165) is 47.4 Å². The Labute approximate surface area is 325 Å². The van der Waals surface area contributed by atoms with Crippen LogP contribution in [0.2, 0.25) is 0 Å². The largest absolute Gasteiger partial charge is 0.478 e. The monoisotopic (exact) mass is 818 g/mol. The molecule has 296 valence electrons. The van der Waals surface area contributed by atoms with Gasteiger partial charge in [0.2, 0.25) is 20.0 Å². The van der Waals surface area contributed by atoms with E-state index in [4.69, 9.17) is 30.7 Å². The molecule has 4 heterocycles. The average Bonchev–Trinajstić information content (AvgIpc) is 3.81. The van der Waals surface area contributed by atoms with Crippen LogP contribution in [0.25, 0.3) is 22.3 Å². The maximum Gasteiger partial charge on any atom is 0.357 e. The van der Waals surface area contributed by atoms with Crippen molar-refractivity contribution in [3.8, 4) is 22.3 Å². The second kappa shape index (κ2) is 18.4. The van der Waals surface area contributed by atoms with Crippen LogP contribution in [0, 0.1) is 0 Å². The quantitative estimate of drug-likeness (QED) is 0.103. The first kappa shape index (κ1) is 42.5. The number of methoxy groups -OCH3 is 2. The smallest absolute Gasteiger partial charge is 0.357 e. The molecule has 2 aromatic carbocycles. The molecule has 0 atom stereocenters. The van der Waals surface area contributed by atoms with Gasteiger partial charge in [0.25, 0.3) is 5.91 Å². The molecule has 0 unspecified atom stereocenters. The predicted octanol–water partition coefficient (Wildman–Crippen LogP) is 2.45. The van der Waals surface area contributed by atoms with Crippen molar-refractivity contribution in [3.05, 3.63) is 145 Å². The minimum Gasteiger partial charge on any atom is -0.478 e. The molecular formula is C36H34N8O11S2. The number of hydrogen-bond acceptors (Lipinski definition) is 13. The first-order chi connectivity index (χ1) is 27.0. The Balaban J connectivity index is 0.000000209. The lowest BCUT2D eigenvalue weighted by atomic mass is 10.1. The van der Waals surface area contributed by atoms with E-state index in [1.54, 1.807) is 18.3 Å². The summed E-state index contributed by atoms with van der Waals surface area (Å²) in [7, 11) is -5.33. The number of nitrogens with two attached hydrogens (primary N) is 3. The molecule has 0 fully saturated rings. The summed E-state index contributed by atoms with van der Waals surface area (Å²) < 4.78 is 56.4. The number of ether oxygens (including phenoxy) is 2. The highest BCUT2D eigenvalue weighted by molar-refractivity contribution is 7.89. The lowest BCUT2D eigenvalue weighted by Gasteiger charge is -2.11. The molecule has 0 aliphatic rings. The van der Waals surface area contributed by atoms with Crippen molar-refractivity contribution in [3.63, 3.8) is 0 Å². The van der Waals surface area contributed by atoms with Crippen LogP contribution in [0.4, 0.5) is 0 Å². The molecule has 8 N–H and O–H groups in total. The van der Waals surface area contributed by atoms with Gasteiger partial charge in [-0.1, -0.05) is 60.7 Å². The molecule has 21 heteroatoms. The molecule has 0 aliphatic heterocycles. The number of nitrogen functional groups attached to an aromatic ring is 1. The van der Waals surface area contributed by atoms with E-state index in [0.29, 0.717) is 11.3 Å². The van der Waals surface area contributed by atoms with E-state index in [2.05, 4.69) is 15.4 Å². The van der Waals surface area contributed by atoms with Crippen LogP contribution in [-0.4, -0.2) is 79.3 Å². The average molecular weight is 819 g/mol. The van der Waals surface area contributed by atoms with Crippen molar-refractivity contribution in [2.75, 3.05) is 25.5 Å². The molecule has 0 radical (unpaired) electrons. The summed E-state index contributed by atoms with van der Waals surface area (Å²) in [6.07, 6.45) is 7.37. The summed E-state index contributed by atoms with van der Waals surface area (Å²) in [6, 6.07) is 24.2. The lowest BCUT2D eigenvalue weighted by molar-refractivity contribution is 0.0582. The number of carbonyl (C=O) groups excluding carboxylic acids is 3. The van der Waals surface area contributed by atoms with Crippen LogP contribution in [0.3, 0.4) is 0 Å². The van der Waals surface area contributed by atoms with Crippen LogP contribution in [0.5, 0.6) is 0 Å². The number of nitrogens with zero attached hydrogens (tertiary/aromatic N) is 4. The molecule has 57 heavy (non-hydrogen) atoms.